The van der Waals surface area contributed by atoms with Crippen molar-refractivity contribution in [2.45, 2.75) is 0 Å². The van der Waals surface area contributed by atoms with Crippen LogP contribution in [0.3, 0.4) is 0 Å². The molecule has 0 unspecified atom stereocenters. The zero-order valence-electron chi connectivity index (χ0n) is 15.5. The van der Waals surface area contributed by atoms with Crippen LogP contribution in [0.25, 0.3) is 6.08 Å². The lowest BCUT2D eigenvalue weighted by atomic mass is 10.2. The van der Waals surface area contributed by atoms with E-state index in [4.69, 9.17) is 16.3 Å². The molecule has 1 aliphatic rings. The van der Waals surface area contributed by atoms with Crippen molar-refractivity contribution >= 4 is 57.9 Å². The third kappa shape index (κ3) is 4.78. The van der Waals surface area contributed by atoms with E-state index < -0.39 is 28.5 Å². The molecule has 9 nitrogen and oxygen atoms in total. The Morgan fingerprint density at radius 1 is 1.30 bits per heavy atom. The van der Waals surface area contributed by atoms with Gasteiger partial charge in [0.05, 0.1) is 22.0 Å². The Morgan fingerprint density at radius 3 is 2.73 bits per heavy atom. The van der Waals surface area contributed by atoms with Crippen LogP contribution in [0.1, 0.15) is 5.56 Å². The Morgan fingerprint density at radius 2 is 2.07 bits per heavy atom. The number of carbonyl (C=O) groups excluding carboxylic acids is 3. The molecule has 2 aromatic rings. The number of rotatable bonds is 6. The molecule has 3 rings (SSSR count). The molecule has 0 aromatic heterocycles. The summed E-state index contributed by atoms with van der Waals surface area (Å²) >= 11 is 6.67. The number of carbonyl (C=O) groups is 3. The zero-order chi connectivity index (χ0) is 21.8. The molecule has 154 valence electrons. The van der Waals surface area contributed by atoms with Gasteiger partial charge in [-0.2, -0.15) is 0 Å². The first-order valence-electron chi connectivity index (χ1n) is 8.41. The number of amides is 3. The quantitative estimate of drug-likeness (QED) is 0.404. The number of hydrogen-bond donors (Lipinski definition) is 1. The standard InChI is InChI=1S/C19H14ClN3O6S/c1-29-15-6-5-12(9-14(15)20)21-17(24)10-22-18(25)16(30-19(22)26)8-11-3-2-4-13(7-11)23(27)28/h2-9H,10H2,1H3,(H,21,24). The van der Waals surface area contributed by atoms with Crippen molar-refractivity contribution in [2.24, 2.45) is 0 Å². The van der Waals surface area contributed by atoms with E-state index in [1.807, 2.05) is 0 Å². The maximum absolute atomic E-state index is 12.5. The summed E-state index contributed by atoms with van der Waals surface area (Å²) in [5, 5.41) is 13.1. The van der Waals surface area contributed by atoms with Crippen LogP contribution in [0.15, 0.2) is 47.4 Å². The van der Waals surface area contributed by atoms with Gasteiger partial charge in [-0.3, -0.25) is 29.4 Å². The maximum atomic E-state index is 12.5. The van der Waals surface area contributed by atoms with Crippen LogP contribution in [-0.2, 0) is 9.59 Å². The van der Waals surface area contributed by atoms with Gasteiger partial charge in [-0.25, -0.2) is 0 Å². The largest absolute Gasteiger partial charge is 0.495 e. The van der Waals surface area contributed by atoms with Crippen molar-refractivity contribution < 1.29 is 24.0 Å². The van der Waals surface area contributed by atoms with Gasteiger partial charge in [-0.15, -0.1) is 0 Å². The van der Waals surface area contributed by atoms with E-state index in [1.165, 1.54) is 37.5 Å². The van der Waals surface area contributed by atoms with Gasteiger partial charge in [0.1, 0.15) is 12.3 Å². The van der Waals surface area contributed by atoms with Crippen molar-refractivity contribution in [2.75, 3.05) is 19.0 Å². The molecule has 0 radical (unpaired) electrons. The van der Waals surface area contributed by atoms with Gasteiger partial charge < -0.3 is 10.1 Å². The number of anilines is 1. The third-order valence-electron chi connectivity index (χ3n) is 3.99. The molecular weight excluding hydrogens is 434 g/mol. The summed E-state index contributed by atoms with van der Waals surface area (Å²) < 4.78 is 5.03. The van der Waals surface area contributed by atoms with Crippen molar-refractivity contribution in [3.63, 3.8) is 0 Å². The number of nitrogens with zero attached hydrogens (tertiary/aromatic N) is 2. The number of hydrogen-bond acceptors (Lipinski definition) is 7. The minimum Gasteiger partial charge on any atom is -0.495 e. The molecular formula is C19H14ClN3O6S. The molecule has 1 fully saturated rings. The first-order chi connectivity index (χ1) is 14.3. The van der Waals surface area contributed by atoms with E-state index in [0.29, 0.717) is 33.8 Å². The van der Waals surface area contributed by atoms with Crippen LogP contribution in [0, 0.1) is 10.1 Å². The molecule has 1 N–H and O–H groups in total. The predicted molar refractivity (Wildman–Crippen MR) is 112 cm³/mol. The summed E-state index contributed by atoms with van der Waals surface area (Å²) in [6, 6.07) is 10.3. The van der Waals surface area contributed by atoms with Crippen LogP contribution in [0.5, 0.6) is 5.75 Å². The summed E-state index contributed by atoms with van der Waals surface area (Å²) in [6.07, 6.45) is 1.37. The molecule has 1 saturated heterocycles. The highest BCUT2D eigenvalue weighted by Crippen LogP contribution is 2.33. The lowest BCUT2D eigenvalue weighted by molar-refractivity contribution is -0.384. The van der Waals surface area contributed by atoms with Gasteiger partial charge in [0.15, 0.2) is 0 Å². The zero-order valence-corrected chi connectivity index (χ0v) is 17.0. The molecule has 11 heteroatoms. The number of nitro groups is 1. The van der Waals surface area contributed by atoms with E-state index in [9.17, 15) is 24.5 Å². The van der Waals surface area contributed by atoms with Crippen LogP contribution >= 0.6 is 23.4 Å². The fraction of sp³-hybridized carbons (Fsp3) is 0.105. The Bertz CT molecular complexity index is 1090. The van der Waals surface area contributed by atoms with E-state index in [0.717, 1.165) is 4.90 Å². The van der Waals surface area contributed by atoms with Gasteiger partial charge in [0.2, 0.25) is 5.91 Å². The number of nitro benzene ring substituents is 1. The number of halogens is 1. The second-order valence-electron chi connectivity index (χ2n) is 6.02. The highest BCUT2D eigenvalue weighted by Gasteiger charge is 2.36. The van der Waals surface area contributed by atoms with Crippen LogP contribution < -0.4 is 10.1 Å². The van der Waals surface area contributed by atoms with E-state index >= 15 is 0 Å². The summed E-state index contributed by atoms with van der Waals surface area (Å²) in [5.74, 6) is -0.804. The lowest BCUT2D eigenvalue weighted by Gasteiger charge is -2.13. The van der Waals surface area contributed by atoms with Crippen LogP contribution in [-0.4, -0.2) is 40.5 Å². The first kappa shape index (κ1) is 21.3. The van der Waals surface area contributed by atoms with Crippen molar-refractivity contribution in [3.8, 4) is 5.75 Å². The van der Waals surface area contributed by atoms with Gasteiger partial charge in [-0.1, -0.05) is 23.7 Å². The first-order valence-corrected chi connectivity index (χ1v) is 9.61. The van der Waals surface area contributed by atoms with Gasteiger partial charge in [0.25, 0.3) is 16.8 Å². The van der Waals surface area contributed by atoms with E-state index in [1.54, 1.807) is 18.2 Å². The average Bonchev–Trinajstić information content (AvgIpc) is 2.95. The second kappa shape index (κ2) is 8.97. The Labute approximate surface area is 179 Å². The highest BCUT2D eigenvalue weighted by molar-refractivity contribution is 8.18. The maximum Gasteiger partial charge on any atom is 0.294 e. The summed E-state index contributed by atoms with van der Waals surface area (Å²) in [7, 11) is 1.46. The SMILES string of the molecule is COc1ccc(NC(=O)CN2C(=O)SC(=Cc3cccc([N+](=O)[O-])c3)C2=O)cc1Cl. The molecule has 0 aliphatic carbocycles. The Hall–Kier alpha value is -3.37. The van der Waals surface area contributed by atoms with Gasteiger partial charge in [-0.05, 0) is 41.6 Å². The monoisotopic (exact) mass is 447 g/mol. The molecule has 0 spiro atoms. The van der Waals surface area contributed by atoms with Crippen LogP contribution in [0.4, 0.5) is 16.2 Å². The molecule has 1 aliphatic heterocycles. The topological polar surface area (TPSA) is 119 Å². The molecule has 0 atom stereocenters. The van der Waals surface area contributed by atoms with Crippen molar-refractivity contribution in [1.82, 2.24) is 4.90 Å². The summed E-state index contributed by atoms with van der Waals surface area (Å²) in [4.78, 5) is 48.2. The fourth-order valence-electron chi connectivity index (χ4n) is 2.60. The summed E-state index contributed by atoms with van der Waals surface area (Å²) in [5.41, 5.74) is 0.637. The van der Waals surface area contributed by atoms with E-state index in [-0.39, 0.29) is 10.6 Å². The van der Waals surface area contributed by atoms with Crippen LogP contribution in [0.2, 0.25) is 5.02 Å². The van der Waals surface area contributed by atoms with Gasteiger partial charge in [0, 0.05) is 17.8 Å². The minimum absolute atomic E-state index is 0.0702. The number of methoxy groups -OCH3 is 1. The van der Waals surface area contributed by atoms with Gasteiger partial charge >= 0.3 is 0 Å². The average molecular weight is 448 g/mol. The molecule has 1 heterocycles. The number of nitrogens with one attached hydrogen (secondary N) is 1. The highest BCUT2D eigenvalue weighted by atomic mass is 35.5. The predicted octanol–water partition coefficient (Wildman–Crippen LogP) is 3.93. The lowest BCUT2D eigenvalue weighted by Crippen LogP contribution is -2.36. The molecule has 3 amide bonds. The molecule has 0 bridgehead atoms. The smallest absolute Gasteiger partial charge is 0.294 e. The molecule has 0 saturated carbocycles. The fourth-order valence-corrected chi connectivity index (χ4v) is 3.70. The Balaban J connectivity index is 1.70. The summed E-state index contributed by atoms with van der Waals surface area (Å²) in [6.45, 7) is -0.486. The molecule has 30 heavy (non-hydrogen) atoms. The van der Waals surface area contributed by atoms with E-state index in [2.05, 4.69) is 5.32 Å². The number of non-ortho nitro benzene ring substituents is 1. The second-order valence-corrected chi connectivity index (χ2v) is 7.42. The normalized spacial score (nSPS) is 14.9. The van der Waals surface area contributed by atoms with Crippen molar-refractivity contribution in [3.05, 3.63) is 68.1 Å². The minimum atomic E-state index is -0.653. The number of thioether (sulfide) groups is 1. The number of ether oxygens (including phenoxy) is 1. The molecule has 2 aromatic carbocycles. The number of benzene rings is 2. The Kier molecular flexibility index (Phi) is 6.38. The number of imide groups is 1. The third-order valence-corrected chi connectivity index (χ3v) is 5.19. The van der Waals surface area contributed by atoms with Crippen molar-refractivity contribution in [1.29, 1.82) is 0 Å².